The molecule has 3 aromatic carbocycles. The predicted octanol–water partition coefficient (Wildman–Crippen LogP) is 6.83. The molecule has 10 N–H and O–H groups in total. The monoisotopic (exact) mass is 1290 g/mol. The predicted molar refractivity (Wildman–Crippen MR) is 345 cm³/mol. The molecule has 476 valence electrons. The minimum atomic E-state index is -3.79. The molecule has 0 saturated carbocycles. The maximum absolute atomic E-state index is 15.2. The Hall–Kier alpha value is -6.71. The van der Waals surface area contributed by atoms with E-state index in [0.717, 1.165) is 80.0 Å². The second kappa shape index (κ2) is 31.6. The van der Waals surface area contributed by atoms with Crippen molar-refractivity contribution < 1.29 is 41.6 Å². The number of carbonyl (C=O) groups is 6. The van der Waals surface area contributed by atoms with Crippen LogP contribution in [0.15, 0.2) is 83.7 Å². The third-order valence-corrected chi connectivity index (χ3v) is 21.3. The van der Waals surface area contributed by atoms with Crippen molar-refractivity contribution in [2.24, 2.45) is 5.73 Å². The summed E-state index contributed by atoms with van der Waals surface area (Å²) in [5.41, 5.74) is 10.3. The minimum Gasteiger partial charge on any atom is -0.356 e. The molecule has 6 heterocycles. The highest BCUT2D eigenvalue weighted by Gasteiger charge is 2.43. The zero-order valence-corrected chi connectivity index (χ0v) is 53.3. The van der Waals surface area contributed by atoms with Gasteiger partial charge < -0.3 is 52.8 Å². The number of nitrogens with zero attached hydrogens (tertiary/aromatic N) is 5. The molecule has 88 heavy (non-hydrogen) atoms. The highest BCUT2D eigenvalue weighted by atomic mass is 35.5. The van der Waals surface area contributed by atoms with Gasteiger partial charge in [0, 0.05) is 121 Å². The van der Waals surface area contributed by atoms with Crippen LogP contribution in [0.2, 0.25) is 0 Å². The smallest absolute Gasteiger partial charge is 0.315 e. The first-order valence-corrected chi connectivity index (χ1v) is 33.8. The van der Waals surface area contributed by atoms with Crippen LogP contribution in [0.1, 0.15) is 116 Å². The van der Waals surface area contributed by atoms with Crippen molar-refractivity contribution >= 4 is 92.5 Å². The van der Waals surface area contributed by atoms with Crippen LogP contribution < -0.4 is 48.3 Å². The number of urea groups is 2. The number of hydrogen-bond donors (Lipinski definition) is 9. The summed E-state index contributed by atoms with van der Waals surface area (Å²) < 4.78 is 46.2. The SMILES string of the molecule is Cc1c(-c2cccc(S(=O)(=O)N(C)C)c2)c2cc(-c3cn(-c4cc(C(=O)NCCCCCNC(=O)CCCC[C@@H]5SC[C@@H]6NC(=O)N[C@@H]65)cc(C(=O)NCCCCCNC(=O)CCCC[C@@H]5SC[C@@H]6NC(=O)N[C@@H]65)c4)nn3)ccc2n1C/C(F)=C/CN.Cl. The summed E-state index contributed by atoms with van der Waals surface area (Å²) in [5, 5.41) is 34.4. The van der Waals surface area contributed by atoms with Gasteiger partial charge in [0.05, 0.1) is 47.5 Å². The molecule has 0 spiro atoms. The fraction of sp³-hybridized carbons (Fsp3) is 0.508. The Morgan fingerprint density at radius 1 is 0.716 bits per heavy atom. The molecule has 0 aliphatic carbocycles. The van der Waals surface area contributed by atoms with E-state index in [-0.39, 0.29) is 101 Å². The number of amides is 8. The van der Waals surface area contributed by atoms with Crippen molar-refractivity contribution in [2.45, 2.75) is 143 Å². The van der Waals surface area contributed by atoms with E-state index in [1.54, 1.807) is 36.5 Å². The van der Waals surface area contributed by atoms with Crippen LogP contribution in [0.4, 0.5) is 14.0 Å². The van der Waals surface area contributed by atoms with Gasteiger partial charge in [-0.25, -0.2) is 31.4 Å². The van der Waals surface area contributed by atoms with Crippen molar-refractivity contribution in [3.63, 3.8) is 0 Å². The lowest BCUT2D eigenvalue weighted by Gasteiger charge is -2.16. The number of unbranched alkanes of at least 4 members (excludes halogenated alkanes) is 6. The van der Waals surface area contributed by atoms with Gasteiger partial charge in [-0.15, -0.1) is 17.5 Å². The molecule has 9 rings (SSSR count). The first-order valence-electron chi connectivity index (χ1n) is 30.2. The lowest BCUT2D eigenvalue weighted by molar-refractivity contribution is -0.122. The Kier molecular flexibility index (Phi) is 24.2. The highest BCUT2D eigenvalue weighted by molar-refractivity contribution is 8.00. The molecule has 6 atom stereocenters. The normalized spacial score (nSPS) is 19.5. The highest BCUT2D eigenvalue weighted by Crippen LogP contribution is 2.39. The second-order valence-corrected chi connectivity index (χ2v) is 27.6. The zero-order chi connectivity index (χ0) is 61.6. The van der Waals surface area contributed by atoms with Crippen LogP contribution in [0.25, 0.3) is 39.0 Å². The van der Waals surface area contributed by atoms with Crippen molar-refractivity contribution in [3.05, 3.63) is 95.6 Å². The van der Waals surface area contributed by atoms with Crippen LogP contribution in [0, 0.1) is 6.92 Å². The number of nitrogens with two attached hydrogens (primary N) is 1. The summed E-state index contributed by atoms with van der Waals surface area (Å²) in [6, 6.07) is 17.6. The number of carbonyl (C=O) groups excluding carboxylic acids is 6. The largest absolute Gasteiger partial charge is 0.356 e. The molecule has 0 bridgehead atoms. The Morgan fingerprint density at radius 3 is 1.82 bits per heavy atom. The van der Waals surface area contributed by atoms with Crippen molar-refractivity contribution in [3.8, 4) is 28.1 Å². The maximum Gasteiger partial charge on any atom is 0.315 e. The van der Waals surface area contributed by atoms with E-state index in [4.69, 9.17) is 5.73 Å². The molecule has 8 amide bonds. The van der Waals surface area contributed by atoms with Gasteiger partial charge >= 0.3 is 12.1 Å². The van der Waals surface area contributed by atoms with Gasteiger partial charge in [-0.2, -0.15) is 23.5 Å². The van der Waals surface area contributed by atoms with E-state index in [0.29, 0.717) is 107 Å². The fourth-order valence-electron chi connectivity index (χ4n) is 11.7. The number of nitrogens with one attached hydrogen (secondary N) is 8. The average Bonchev–Trinajstić information content (AvgIpc) is 2.70. The van der Waals surface area contributed by atoms with Gasteiger partial charge in [-0.1, -0.05) is 36.3 Å². The van der Waals surface area contributed by atoms with Crippen molar-refractivity contribution in [1.29, 1.82) is 0 Å². The lowest BCUT2D eigenvalue weighted by atomic mass is 10.0. The number of aromatic nitrogens is 4. The van der Waals surface area contributed by atoms with Crippen LogP contribution in [0.3, 0.4) is 0 Å². The van der Waals surface area contributed by atoms with E-state index >= 15 is 4.39 Å². The molecule has 0 radical (unpaired) electrons. The lowest BCUT2D eigenvalue weighted by Crippen LogP contribution is -2.36. The molecule has 4 aliphatic rings. The quantitative estimate of drug-likeness (QED) is 0.0158. The van der Waals surface area contributed by atoms with E-state index in [1.807, 2.05) is 59.3 Å². The Labute approximate surface area is 528 Å². The molecular weight excluding hydrogens is 1210 g/mol. The molecule has 0 unspecified atom stereocenters. The number of allylic oxidation sites excluding steroid dienone is 1. The third kappa shape index (κ3) is 17.2. The molecule has 2 aromatic heterocycles. The first kappa shape index (κ1) is 67.2. The standard InChI is InChI=1S/C61H81FN14O8S3.ClH/c1-38-55(40-15-14-16-45(32-40)87(83,84)74(2)3)46-33-39(21-22-50(46)75(38)34-43(62)23-24-63)47-35-76(73-72-47)44-30-41(58(79)66-27-12-4-10-25-64-53(77)19-8-6-17-51-56-48(36-85-51)68-60(81)70-56)29-42(31-44)59(80)67-28-13-5-11-26-65-54(78)20-9-7-18-52-57-49(37-86-52)69-61(82)71-57;/h14-16,21-23,29-33,35,48-49,51-52,56-57H,4-13,17-20,24-28,34,36-37,63H2,1-3H3,(H,64,77)(H,65,78)(H,66,79)(H,67,80)(H2,68,70,81)(H2,69,71,82);1H/b43-23-;/t48-,49-,51-,52-,56-,57-;/m0./s1. The molecular formula is C61H82ClFN14O8S3. The van der Waals surface area contributed by atoms with Gasteiger partial charge in [-0.3, -0.25) is 19.2 Å². The van der Waals surface area contributed by atoms with E-state index in [9.17, 15) is 37.2 Å². The summed E-state index contributed by atoms with van der Waals surface area (Å²) in [5.74, 6) is 0.639. The van der Waals surface area contributed by atoms with E-state index < -0.39 is 15.9 Å². The molecule has 4 saturated heterocycles. The molecule has 4 aliphatic heterocycles. The molecule has 27 heteroatoms. The number of benzene rings is 3. The number of thioether (sulfide) groups is 2. The first-order chi connectivity index (χ1) is 42.0. The summed E-state index contributed by atoms with van der Waals surface area (Å²) in [4.78, 5) is 76.5. The second-order valence-electron chi connectivity index (χ2n) is 22.9. The van der Waals surface area contributed by atoms with Crippen molar-refractivity contribution in [1.82, 2.24) is 66.4 Å². The van der Waals surface area contributed by atoms with E-state index in [1.165, 1.54) is 30.9 Å². The zero-order valence-electron chi connectivity index (χ0n) is 50.0. The number of halogens is 2. The number of hydrogen-bond acceptors (Lipinski definition) is 13. The minimum absolute atomic E-state index is 0. The van der Waals surface area contributed by atoms with Crippen LogP contribution in [0.5, 0.6) is 0 Å². The summed E-state index contributed by atoms with van der Waals surface area (Å²) in [6.45, 7) is 3.56. The average molecular weight is 1290 g/mol. The van der Waals surface area contributed by atoms with Gasteiger partial charge in [0.2, 0.25) is 21.8 Å². The Balaban J connectivity index is 0.0000100. The molecule has 5 aromatic rings. The Morgan fingerprint density at radius 2 is 1.27 bits per heavy atom. The van der Waals surface area contributed by atoms with Crippen LogP contribution in [-0.2, 0) is 26.2 Å². The number of fused-ring (bicyclic) bond motifs is 3. The molecule has 4 fully saturated rings. The van der Waals surface area contributed by atoms with E-state index in [2.05, 4.69) is 52.8 Å². The van der Waals surface area contributed by atoms with Crippen LogP contribution in [-0.4, -0.2) is 161 Å². The number of sulfonamides is 1. The Bertz CT molecular complexity index is 3350. The fourth-order valence-corrected chi connectivity index (χ4v) is 15.8. The summed E-state index contributed by atoms with van der Waals surface area (Å²) >= 11 is 3.74. The van der Waals surface area contributed by atoms with Crippen LogP contribution >= 0.6 is 35.9 Å². The summed E-state index contributed by atoms with van der Waals surface area (Å²) in [6.07, 6.45) is 13.5. The molecule has 22 nitrogen and oxygen atoms in total. The summed E-state index contributed by atoms with van der Waals surface area (Å²) in [7, 11) is -0.852. The van der Waals surface area contributed by atoms with Gasteiger partial charge in [-0.05, 0) is 125 Å². The third-order valence-electron chi connectivity index (χ3n) is 16.5. The topological polar surface area (TPSA) is 298 Å². The van der Waals surface area contributed by atoms with Gasteiger partial charge in [0.15, 0.2) is 0 Å². The van der Waals surface area contributed by atoms with Gasteiger partial charge in [0.25, 0.3) is 11.8 Å². The number of rotatable bonds is 32. The maximum atomic E-state index is 15.2. The van der Waals surface area contributed by atoms with Gasteiger partial charge in [0.1, 0.15) is 11.5 Å². The van der Waals surface area contributed by atoms with Crippen molar-refractivity contribution in [2.75, 3.05) is 58.3 Å².